The lowest BCUT2D eigenvalue weighted by molar-refractivity contribution is -0.135. The molecule has 172 valence electrons. The number of Topliss-reactive ketones (excluding diaryl/α,β-unsaturated/α-hetero) is 1. The molecule has 3 aromatic rings. The van der Waals surface area contributed by atoms with Crippen molar-refractivity contribution in [3.63, 3.8) is 0 Å². The summed E-state index contributed by atoms with van der Waals surface area (Å²) in [6, 6.07) is 10.4. The van der Waals surface area contributed by atoms with E-state index >= 15 is 0 Å². The summed E-state index contributed by atoms with van der Waals surface area (Å²) in [6.45, 7) is 0. The van der Waals surface area contributed by atoms with Crippen LogP contribution < -0.4 is 23.7 Å². The minimum Gasteiger partial charge on any atom is -0.493 e. The van der Waals surface area contributed by atoms with Crippen LogP contribution in [0.2, 0.25) is 0 Å². The summed E-state index contributed by atoms with van der Waals surface area (Å²) in [5, 5.41) is 0. The first-order valence-corrected chi connectivity index (χ1v) is 10.6. The predicted molar refractivity (Wildman–Crippen MR) is 122 cm³/mol. The highest BCUT2D eigenvalue weighted by Crippen LogP contribution is 2.49. The Bertz CT molecular complexity index is 1330. The molecule has 0 spiro atoms. The van der Waals surface area contributed by atoms with Crippen molar-refractivity contribution < 1.29 is 33.3 Å². The first kappa shape index (κ1) is 21.5. The summed E-state index contributed by atoms with van der Waals surface area (Å²) in [5.41, 5.74) is 2.47. The second-order valence-electron chi connectivity index (χ2n) is 7.73. The SMILES string of the molecule is COc1ccc(C=C2Oc3c(ccc4c3C(c3cccnc3)CC(=O)O4)C2=O)c(OC)c1OC. The van der Waals surface area contributed by atoms with E-state index in [0.29, 0.717) is 45.4 Å². The van der Waals surface area contributed by atoms with Crippen LogP contribution in [0.25, 0.3) is 6.08 Å². The first-order valence-electron chi connectivity index (χ1n) is 10.6. The fourth-order valence-electron chi connectivity index (χ4n) is 4.35. The molecule has 8 nitrogen and oxygen atoms in total. The number of pyridine rings is 1. The Morgan fingerprint density at radius 3 is 2.50 bits per heavy atom. The lowest BCUT2D eigenvalue weighted by Gasteiger charge is -2.26. The van der Waals surface area contributed by atoms with Gasteiger partial charge in [-0.15, -0.1) is 0 Å². The van der Waals surface area contributed by atoms with E-state index in [2.05, 4.69) is 4.98 Å². The Hall–Kier alpha value is -4.33. The van der Waals surface area contributed by atoms with Crippen LogP contribution in [0.15, 0.2) is 54.6 Å². The molecule has 8 heteroatoms. The molecule has 1 aromatic heterocycles. The number of rotatable bonds is 5. The standard InChI is InChI=1S/C26H21NO7/c1-30-19-8-6-14(24(31-2)26(19)32-3)11-20-23(29)16-7-9-18-22(25(16)34-20)17(12-21(28)33-18)15-5-4-10-27-13-15/h4-11,13,17H,12H2,1-3H3. The summed E-state index contributed by atoms with van der Waals surface area (Å²) < 4.78 is 27.9. The third-order valence-corrected chi connectivity index (χ3v) is 5.89. The number of nitrogens with zero attached hydrogens (tertiary/aromatic N) is 1. The Morgan fingerprint density at radius 2 is 1.79 bits per heavy atom. The van der Waals surface area contributed by atoms with Gasteiger partial charge in [-0.2, -0.15) is 0 Å². The van der Waals surface area contributed by atoms with Crippen molar-refractivity contribution in [1.29, 1.82) is 0 Å². The predicted octanol–water partition coefficient (Wildman–Crippen LogP) is 4.16. The molecule has 0 radical (unpaired) electrons. The maximum atomic E-state index is 13.3. The fraction of sp³-hybridized carbons (Fsp3) is 0.192. The van der Waals surface area contributed by atoms with E-state index in [1.807, 2.05) is 6.07 Å². The minimum absolute atomic E-state index is 0.120. The van der Waals surface area contributed by atoms with Crippen LogP contribution in [0.1, 0.15) is 39.4 Å². The van der Waals surface area contributed by atoms with Gasteiger partial charge in [-0.05, 0) is 42.0 Å². The average molecular weight is 459 g/mol. The van der Waals surface area contributed by atoms with Crippen LogP contribution in [0.3, 0.4) is 0 Å². The molecule has 2 aliphatic rings. The molecule has 34 heavy (non-hydrogen) atoms. The van der Waals surface area contributed by atoms with Crippen molar-refractivity contribution in [2.45, 2.75) is 12.3 Å². The highest BCUT2D eigenvalue weighted by atomic mass is 16.5. The lowest BCUT2D eigenvalue weighted by atomic mass is 9.85. The molecule has 1 unspecified atom stereocenters. The zero-order valence-electron chi connectivity index (χ0n) is 18.8. The lowest BCUT2D eigenvalue weighted by Crippen LogP contribution is -2.21. The number of aromatic nitrogens is 1. The number of hydrogen-bond acceptors (Lipinski definition) is 8. The number of ketones is 1. The van der Waals surface area contributed by atoms with E-state index in [1.54, 1.807) is 48.8 Å². The van der Waals surface area contributed by atoms with Crippen LogP contribution >= 0.6 is 0 Å². The summed E-state index contributed by atoms with van der Waals surface area (Å²) in [5.74, 6) is 1.22. The molecule has 5 rings (SSSR count). The Morgan fingerprint density at radius 1 is 0.971 bits per heavy atom. The smallest absolute Gasteiger partial charge is 0.312 e. The van der Waals surface area contributed by atoms with Crippen LogP contribution in [-0.4, -0.2) is 38.1 Å². The summed E-state index contributed by atoms with van der Waals surface area (Å²) in [7, 11) is 4.55. The van der Waals surface area contributed by atoms with Gasteiger partial charge < -0.3 is 23.7 Å². The van der Waals surface area contributed by atoms with Crippen molar-refractivity contribution in [1.82, 2.24) is 4.98 Å². The van der Waals surface area contributed by atoms with Gasteiger partial charge in [-0.1, -0.05) is 6.07 Å². The molecular weight excluding hydrogens is 438 g/mol. The topological polar surface area (TPSA) is 93.2 Å². The Labute approximate surface area is 195 Å². The van der Waals surface area contributed by atoms with Gasteiger partial charge in [0.05, 0.1) is 33.3 Å². The normalized spacial score (nSPS) is 17.5. The molecule has 2 aromatic carbocycles. The molecule has 0 saturated heterocycles. The quantitative estimate of drug-likeness (QED) is 0.319. The van der Waals surface area contributed by atoms with E-state index < -0.39 is 0 Å². The highest BCUT2D eigenvalue weighted by Gasteiger charge is 2.38. The monoisotopic (exact) mass is 459 g/mol. The molecule has 3 heterocycles. The van der Waals surface area contributed by atoms with Gasteiger partial charge in [0.1, 0.15) is 11.5 Å². The third-order valence-electron chi connectivity index (χ3n) is 5.89. The number of hydrogen-bond donors (Lipinski definition) is 0. The van der Waals surface area contributed by atoms with Gasteiger partial charge in [-0.25, -0.2) is 0 Å². The molecule has 0 aliphatic carbocycles. The van der Waals surface area contributed by atoms with E-state index in [-0.39, 0.29) is 29.9 Å². The summed E-state index contributed by atoms with van der Waals surface area (Å²) >= 11 is 0. The summed E-state index contributed by atoms with van der Waals surface area (Å²) in [4.78, 5) is 29.7. The fourth-order valence-corrected chi connectivity index (χ4v) is 4.35. The number of carbonyl (C=O) groups is 2. The van der Waals surface area contributed by atoms with Gasteiger partial charge in [0.2, 0.25) is 11.5 Å². The number of benzene rings is 2. The number of esters is 1. The summed E-state index contributed by atoms with van der Waals surface area (Å²) in [6.07, 6.45) is 5.09. The van der Waals surface area contributed by atoms with Crippen LogP contribution in [-0.2, 0) is 4.79 Å². The number of fused-ring (bicyclic) bond motifs is 3. The molecule has 0 amide bonds. The zero-order chi connectivity index (χ0) is 23.8. The molecule has 2 aliphatic heterocycles. The largest absolute Gasteiger partial charge is 0.493 e. The van der Waals surface area contributed by atoms with Gasteiger partial charge in [0, 0.05) is 29.4 Å². The van der Waals surface area contributed by atoms with Gasteiger partial charge >= 0.3 is 5.97 Å². The van der Waals surface area contributed by atoms with Crippen molar-refractivity contribution in [2.24, 2.45) is 0 Å². The minimum atomic E-state index is -0.351. The maximum Gasteiger partial charge on any atom is 0.312 e. The Kier molecular flexibility index (Phi) is 5.41. The molecular formula is C26H21NO7. The van der Waals surface area contributed by atoms with Gasteiger partial charge in [-0.3, -0.25) is 14.6 Å². The van der Waals surface area contributed by atoms with E-state index in [1.165, 1.54) is 21.3 Å². The van der Waals surface area contributed by atoms with Gasteiger partial charge in [0.25, 0.3) is 0 Å². The molecule has 0 fully saturated rings. The van der Waals surface area contributed by atoms with Gasteiger partial charge in [0.15, 0.2) is 17.3 Å². The molecule has 0 N–H and O–H groups in total. The average Bonchev–Trinajstić information content (AvgIpc) is 3.18. The highest BCUT2D eigenvalue weighted by molar-refractivity contribution is 6.15. The Balaban J connectivity index is 1.61. The van der Waals surface area contributed by atoms with Crippen LogP contribution in [0.4, 0.5) is 0 Å². The van der Waals surface area contributed by atoms with Crippen molar-refractivity contribution in [3.05, 3.63) is 76.8 Å². The molecule has 1 atom stereocenters. The van der Waals surface area contributed by atoms with Crippen molar-refractivity contribution >= 4 is 17.8 Å². The second kappa shape index (κ2) is 8.55. The number of carbonyl (C=O) groups excluding carboxylic acids is 2. The third kappa shape index (κ3) is 3.44. The number of ether oxygens (including phenoxy) is 5. The second-order valence-corrected chi connectivity index (χ2v) is 7.73. The number of methoxy groups -OCH3 is 3. The molecule has 0 saturated carbocycles. The van der Waals surface area contributed by atoms with Crippen molar-refractivity contribution in [2.75, 3.05) is 21.3 Å². The van der Waals surface area contributed by atoms with E-state index in [0.717, 1.165) is 5.56 Å². The van der Waals surface area contributed by atoms with Crippen molar-refractivity contribution in [3.8, 4) is 28.7 Å². The zero-order valence-corrected chi connectivity index (χ0v) is 18.8. The van der Waals surface area contributed by atoms with Crippen LogP contribution in [0, 0.1) is 0 Å². The van der Waals surface area contributed by atoms with Crippen LogP contribution in [0.5, 0.6) is 28.7 Å². The first-order chi connectivity index (χ1) is 16.5. The van der Waals surface area contributed by atoms with E-state index in [9.17, 15) is 9.59 Å². The molecule has 0 bridgehead atoms. The number of allylic oxidation sites excluding steroid dienone is 1. The maximum absolute atomic E-state index is 13.3. The van der Waals surface area contributed by atoms with E-state index in [4.69, 9.17) is 23.7 Å².